The Kier molecular flexibility index (Phi) is 6.03. The molecule has 2 rings (SSSR count). The minimum Gasteiger partial charge on any atom is -0.325 e. The highest BCUT2D eigenvalue weighted by Crippen LogP contribution is 2.20. The van der Waals surface area contributed by atoms with Crippen molar-refractivity contribution in [3.63, 3.8) is 0 Å². The molecule has 0 aliphatic heterocycles. The van der Waals surface area contributed by atoms with Crippen LogP contribution in [0.15, 0.2) is 51.8 Å². The average molecular weight is 432 g/mol. The first kappa shape index (κ1) is 18.9. The highest BCUT2D eigenvalue weighted by molar-refractivity contribution is 9.10. The Morgan fingerprint density at radius 2 is 1.79 bits per heavy atom. The van der Waals surface area contributed by atoms with Crippen molar-refractivity contribution in [2.75, 3.05) is 5.32 Å². The number of nitrogens with one attached hydrogen (secondary N) is 2. The molecule has 2 aromatic carbocycles. The maximum atomic E-state index is 12.3. The van der Waals surface area contributed by atoms with Gasteiger partial charge in [-0.15, -0.1) is 0 Å². The van der Waals surface area contributed by atoms with Gasteiger partial charge in [-0.05, 0) is 55.8 Å². The van der Waals surface area contributed by atoms with Gasteiger partial charge < -0.3 is 5.32 Å². The van der Waals surface area contributed by atoms with Crippen molar-refractivity contribution in [3.05, 3.63) is 57.5 Å². The van der Waals surface area contributed by atoms with Gasteiger partial charge in [-0.1, -0.05) is 33.6 Å². The number of amides is 1. The second kappa shape index (κ2) is 7.65. The second-order valence-electron chi connectivity index (χ2n) is 5.25. The molecule has 0 aromatic heterocycles. The molecule has 0 heterocycles. The molecule has 0 fully saturated rings. The smallest absolute Gasteiger partial charge is 0.242 e. The van der Waals surface area contributed by atoms with Crippen molar-refractivity contribution in [3.8, 4) is 0 Å². The van der Waals surface area contributed by atoms with Gasteiger partial charge in [0.15, 0.2) is 0 Å². The Bertz CT molecular complexity index is 854. The van der Waals surface area contributed by atoms with Crippen LogP contribution in [0.2, 0.25) is 5.02 Å². The largest absolute Gasteiger partial charge is 0.325 e. The first-order chi connectivity index (χ1) is 11.2. The van der Waals surface area contributed by atoms with Crippen molar-refractivity contribution in [2.45, 2.75) is 24.8 Å². The van der Waals surface area contributed by atoms with E-state index in [-0.39, 0.29) is 4.90 Å². The monoisotopic (exact) mass is 430 g/mol. The molecule has 0 bridgehead atoms. The summed E-state index contributed by atoms with van der Waals surface area (Å²) < 4.78 is 27.7. The third kappa shape index (κ3) is 4.80. The van der Waals surface area contributed by atoms with Crippen LogP contribution in [0, 0.1) is 6.92 Å². The zero-order valence-corrected chi connectivity index (χ0v) is 16.2. The van der Waals surface area contributed by atoms with E-state index in [1.807, 2.05) is 6.92 Å². The van der Waals surface area contributed by atoms with Crippen LogP contribution in [0.4, 0.5) is 5.69 Å². The van der Waals surface area contributed by atoms with E-state index in [9.17, 15) is 13.2 Å². The summed E-state index contributed by atoms with van der Waals surface area (Å²) in [6.45, 7) is 3.32. The predicted octanol–water partition coefficient (Wildman–Crippen LogP) is 3.72. The van der Waals surface area contributed by atoms with Crippen LogP contribution in [0.25, 0.3) is 0 Å². The molecule has 24 heavy (non-hydrogen) atoms. The molecule has 0 saturated heterocycles. The van der Waals surface area contributed by atoms with Crippen molar-refractivity contribution < 1.29 is 13.2 Å². The molecule has 2 aromatic rings. The summed E-state index contributed by atoms with van der Waals surface area (Å²) in [5, 5.41) is 3.16. The fourth-order valence-electron chi connectivity index (χ4n) is 1.89. The minimum atomic E-state index is -3.79. The third-order valence-electron chi connectivity index (χ3n) is 3.29. The predicted molar refractivity (Wildman–Crippen MR) is 98.7 cm³/mol. The molecule has 1 atom stereocenters. The Morgan fingerprint density at radius 1 is 1.17 bits per heavy atom. The molecule has 0 radical (unpaired) electrons. The molecule has 0 aliphatic carbocycles. The van der Waals surface area contributed by atoms with Gasteiger partial charge in [-0.2, -0.15) is 4.72 Å². The number of carbonyl (C=O) groups is 1. The summed E-state index contributed by atoms with van der Waals surface area (Å²) in [7, 11) is -3.79. The number of rotatable bonds is 5. The molecule has 0 spiro atoms. The van der Waals surface area contributed by atoms with E-state index < -0.39 is 22.0 Å². The fourth-order valence-corrected chi connectivity index (χ4v) is 3.54. The topological polar surface area (TPSA) is 75.3 Å². The Balaban J connectivity index is 2.07. The zero-order chi connectivity index (χ0) is 17.9. The molecule has 2 N–H and O–H groups in total. The van der Waals surface area contributed by atoms with Crippen molar-refractivity contribution in [1.82, 2.24) is 4.72 Å². The molecule has 5 nitrogen and oxygen atoms in total. The number of halogens is 2. The molecule has 0 unspecified atom stereocenters. The summed E-state index contributed by atoms with van der Waals surface area (Å²) in [5.41, 5.74) is 1.39. The van der Waals surface area contributed by atoms with Crippen molar-refractivity contribution >= 4 is 49.1 Å². The molecule has 0 aliphatic rings. The van der Waals surface area contributed by atoms with Gasteiger partial charge in [0.1, 0.15) is 0 Å². The Labute approximate surface area is 154 Å². The number of sulfonamides is 1. The molecular formula is C16H16BrClN2O3S. The van der Waals surface area contributed by atoms with Gasteiger partial charge in [0.2, 0.25) is 15.9 Å². The first-order valence-corrected chi connectivity index (χ1v) is 9.69. The minimum absolute atomic E-state index is 0.0868. The van der Waals surface area contributed by atoms with E-state index in [0.29, 0.717) is 10.7 Å². The highest BCUT2D eigenvalue weighted by atomic mass is 79.9. The lowest BCUT2D eigenvalue weighted by molar-refractivity contribution is -0.117. The molecule has 8 heteroatoms. The van der Waals surface area contributed by atoms with E-state index >= 15 is 0 Å². The summed E-state index contributed by atoms with van der Waals surface area (Å²) in [5.74, 6) is -0.476. The van der Waals surface area contributed by atoms with Crippen LogP contribution >= 0.6 is 27.5 Å². The van der Waals surface area contributed by atoms with Gasteiger partial charge in [-0.3, -0.25) is 4.79 Å². The van der Waals surface area contributed by atoms with Gasteiger partial charge in [0.25, 0.3) is 0 Å². The van der Waals surface area contributed by atoms with E-state index in [2.05, 4.69) is 26.0 Å². The van der Waals surface area contributed by atoms with E-state index in [4.69, 9.17) is 11.6 Å². The lowest BCUT2D eigenvalue weighted by Gasteiger charge is -2.15. The fraction of sp³-hybridized carbons (Fsp3) is 0.188. The Morgan fingerprint density at radius 3 is 2.38 bits per heavy atom. The first-order valence-electron chi connectivity index (χ1n) is 7.04. The van der Waals surface area contributed by atoms with E-state index in [0.717, 1.165) is 10.0 Å². The van der Waals surface area contributed by atoms with Crippen LogP contribution < -0.4 is 10.0 Å². The second-order valence-corrected chi connectivity index (χ2v) is 8.29. The molecule has 128 valence electrons. The van der Waals surface area contributed by atoms with Crippen molar-refractivity contribution in [2.24, 2.45) is 0 Å². The van der Waals surface area contributed by atoms with Gasteiger partial charge >= 0.3 is 0 Å². The van der Waals surface area contributed by atoms with Crippen LogP contribution in [-0.4, -0.2) is 20.4 Å². The van der Waals surface area contributed by atoms with Gasteiger partial charge in [-0.25, -0.2) is 8.42 Å². The maximum absolute atomic E-state index is 12.3. The lowest BCUT2D eigenvalue weighted by Crippen LogP contribution is -2.41. The molecule has 1 amide bonds. The SMILES string of the molecule is Cc1ccc(NC(=O)[C@@H](C)NS(=O)(=O)c2ccc(Br)cc2)cc1Cl. The van der Waals surface area contributed by atoms with E-state index in [1.54, 1.807) is 30.3 Å². The lowest BCUT2D eigenvalue weighted by atomic mass is 10.2. The maximum Gasteiger partial charge on any atom is 0.242 e. The third-order valence-corrected chi connectivity index (χ3v) is 5.78. The number of carbonyl (C=O) groups excluding carboxylic acids is 1. The van der Waals surface area contributed by atoms with Gasteiger partial charge in [0, 0.05) is 15.2 Å². The molecular weight excluding hydrogens is 416 g/mol. The normalized spacial score (nSPS) is 12.7. The van der Waals surface area contributed by atoms with Crippen LogP contribution in [-0.2, 0) is 14.8 Å². The van der Waals surface area contributed by atoms with E-state index in [1.165, 1.54) is 19.1 Å². The summed E-state index contributed by atoms with van der Waals surface area (Å²) in [6.07, 6.45) is 0. The number of benzene rings is 2. The van der Waals surface area contributed by atoms with Crippen LogP contribution in [0.3, 0.4) is 0 Å². The summed E-state index contributed by atoms with van der Waals surface area (Å²) in [6, 6.07) is 10.3. The zero-order valence-electron chi connectivity index (χ0n) is 13.0. The van der Waals surface area contributed by atoms with Crippen LogP contribution in [0.5, 0.6) is 0 Å². The standard InChI is InChI=1S/C16H16BrClN2O3S/c1-10-3-6-13(9-15(10)18)19-16(21)11(2)20-24(22,23)14-7-4-12(17)5-8-14/h3-9,11,20H,1-2H3,(H,19,21)/t11-/m1/s1. The molecule has 0 saturated carbocycles. The van der Waals surface area contributed by atoms with Crippen LogP contribution in [0.1, 0.15) is 12.5 Å². The number of hydrogen-bond donors (Lipinski definition) is 2. The van der Waals surface area contributed by atoms with Crippen molar-refractivity contribution in [1.29, 1.82) is 0 Å². The van der Waals surface area contributed by atoms with Gasteiger partial charge in [0.05, 0.1) is 10.9 Å². The quantitative estimate of drug-likeness (QED) is 0.757. The Hall–Kier alpha value is -1.41. The number of aryl methyl sites for hydroxylation is 1. The summed E-state index contributed by atoms with van der Waals surface area (Å²) in [4.78, 5) is 12.3. The highest BCUT2D eigenvalue weighted by Gasteiger charge is 2.22. The average Bonchev–Trinajstić information content (AvgIpc) is 2.51. The number of anilines is 1. The summed E-state index contributed by atoms with van der Waals surface area (Å²) >= 11 is 9.25. The number of hydrogen-bond acceptors (Lipinski definition) is 3.